The normalized spacial score (nSPS) is 37.1. The maximum Gasteiger partial charge on any atom is 0.227 e. The summed E-state index contributed by atoms with van der Waals surface area (Å²) in [4.78, 5) is 12.6. The Bertz CT molecular complexity index is 337. The molecule has 0 aromatic heterocycles. The summed E-state index contributed by atoms with van der Waals surface area (Å²) in [5.41, 5.74) is 0.393. The van der Waals surface area contributed by atoms with E-state index >= 15 is 0 Å². The van der Waals surface area contributed by atoms with Crippen LogP contribution < -0.4 is 10.6 Å². The minimum absolute atomic E-state index is 0.0674. The molecular formula is C15H26N2O. The van der Waals surface area contributed by atoms with Crippen molar-refractivity contribution in [2.75, 3.05) is 19.6 Å². The molecule has 0 unspecified atom stereocenters. The van der Waals surface area contributed by atoms with Crippen molar-refractivity contribution in [2.45, 2.75) is 51.9 Å². The van der Waals surface area contributed by atoms with E-state index in [1.54, 1.807) is 0 Å². The first-order valence-corrected chi connectivity index (χ1v) is 7.70. The molecule has 1 aliphatic heterocycles. The minimum Gasteiger partial charge on any atom is -0.355 e. The number of nitrogens with one attached hydrogen (secondary N) is 2. The second-order valence-corrected chi connectivity index (χ2v) is 6.77. The van der Waals surface area contributed by atoms with E-state index in [0.717, 1.165) is 26.1 Å². The van der Waals surface area contributed by atoms with E-state index in [1.165, 1.54) is 38.5 Å². The summed E-state index contributed by atoms with van der Waals surface area (Å²) in [5.74, 6) is 0.931. The monoisotopic (exact) mass is 250 g/mol. The standard InChI is InChI=1S/C15H26N2O/c1-2-14(7-8-14)10-17-13(18)15-6-4-3-5-12(15)9-16-11-15/h12,16H,2-11H2,1H3,(H,17,18)/t12-,15+/m0/s1. The van der Waals surface area contributed by atoms with Crippen molar-refractivity contribution >= 4 is 5.91 Å². The van der Waals surface area contributed by atoms with Crippen LogP contribution >= 0.6 is 0 Å². The molecule has 102 valence electrons. The molecule has 2 atom stereocenters. The van der Waals surface area contributed by atoms with E-state index < -0.39 is 0 Å². The highest BCUT2D eigenvalue weighted by Crippen LogP contribution is 2.49. The average molecular weight is 250 g/mol. The topological polar surface area (TPSA) is 41.1 Å². The van der Waals surface area contributed by atoms with Crippen molar-refractivity contribution < 1.29 is 4.79 Å². The maximum atomic E-state index is 12.6. The van der Waals surface area contributed by atoms with Gasteiger partial charge in [0.25, 0.3) is 0 Å². The lowest BCUT2D eigenvalue weighted by molar-refractivity contribution is -0.134. The number of carbonyl (C=O) groups excluding carboxylic acids is 1. The zero-order valence-electron chi connectivity index (χ0n) is 11.6. The second kappa shape index (κ2) is 4.52. The lowest BCUT2D eigenvalue weighted by Crippen LogP contribution is -2.49. The van der Waals surface area contributed by atoms with Gasteiger partial charge in [0, 0.05) is 13.1 Å². The molecule has 1 saturated heterocycles. The van der Waals surface area contributed by atoms with Crippen molar-refractivity contribution in [3.05, 3.63) is 0 Å². The Balaban J connectivity index is 1.63. The zero-order chi connectivity index (χ0) is 12.6. The third-order valence-corrected chi connectivity index (χ3v) is 5.82. The van der Waals surface area contributed by atoms with Crippen molar-refractivity contribution in [1.82, 2.24) is 10.6 Å². The van der Waals surface area contributed by atoms with Crippen LogP contribution in [0.2, 0.25) is 0 Å². The number of hydrogen-bond donors (Lipinski definition) is 2. The molecule has 1 amide bonds. The summed E-state index contributed by atoms with van der Waals surface area (Å²) >= 11 is 0. The second-order valence-electron chi connectivity index (χ2n) is 6.77. The van der Waals surface area contributed by atoms with Crippen molar-refractivity contribution in [2.24, 2.45) is 16.7 Å². The van der Waals surface area contributed by atoms with Gasteiger partial charge in [0.1, 0.15) is 0 Å². The quantitative estimate of drug-likeness (QED) is 0.802. The number of hydrogen-bond acceptors (Lipinski definition) is 2. The molecule has 3 rings (SSSR count). The largest absolute Gasteiger partial charge is 0.355 e. The van der Waals surface area contributed by atoms with Gasteiger partial charge in [-0.3, -0.25) is 4.79 Å². The molecule has 0 spiro atoms. The first-order valence-electron chi connectivity index (χ1n) is 7.70. The van der Waals surface area contributed by atoms with Crippen molar-refractivity contribution in [3.8, 4) is 0 Å². The van der Waals surface area contributed by atoms with Crippen LogP contribution in [0.1, 0.15) is 51.9 Å². The Morgan fingerprint density at radius 1 is 1.33 bits per heavy atom. The highest BCUT2D eigenvalue weighted by Gasteiger charge is 2.50. The van der Waals surface area contributed by atoms with E-state index in [4.69, 9.17) is 0 Å². The smallest absolute Gasteiger partial charge is 0.227 e. The molecule has 2 saturated carbocycles. The van der Waals surface area contributed by atoms with Gasteiger partial charge in [-0.05, 0) is 50.0 Å². The summed E-state index contributed by atoms with van der Waals surface area (Å²) in [5, 5.41) is 6.74. The molecule has 3 fully saturated rings. The lowest BCUT2D eigenvalue weighted by atomic mass is 9.67. The number of fused-ring (bicyclic) bond motifs is 1. The Hall–Kier alpha value is -0.570. The van der Waals surface area contributed by atoms with E-state index in [9.17, 15) is 4.79 Å². The number of rotatable bonds is 4. The van der Waals surface area contributed by atoms with Crippen LogP contribution in [0.25, 0.3) is 0 Å². The predicted octanol–water partition coefficient (Wildman–Crippen LogP) is 2.07. The predicted molar refractivity (Wildman–Crippen MR) is 72.2 cm³/mol. The van der Waals surface area contributed by atoms with Crippen molar-refractivity contribution in [1.29, 1.82) is 0 Å². The Morgan fingerprint density at radius 3 is 2.89 bits per heavy atom. The maximum absolute atomic E-state index is 12.6. The van der Waals surface area contributed by atoms with Crippen LogP contribution in [-0.2, 0) is 4.79 Å². The zero-order valence-corrected chi connectivity index (χ0v) is 11.6. The molecule has 1 heterocycles. The van der Waals surface area contributed by atoms with Gasteiger partial charge >= 0.3 is 0 Å². The molecule has 0 aromatic rings. The molecule has 0 bridgehead atoms. The first kappa shape index (κ1) is 12.5. The van der Waals surface area contributed by atoms with Gasteiger partial charge in [0.05, 0.1) is 5.41 Å². The molecule has 0 aromatic carbocycles. The fourth-order valence-corrected chi connectivity index (χ4v) is 3.97. The lowest BCUT2D eigenvalue weighted by Gasteiger charge is -2.37. The van der Waals surface area contributed by atoms with Gasteiger partial charge in [0.2, 0.25) is 5.91 Å². The summed E-state index contributed by atoms with van der Waals surface area (Å²) in [6.45, 7) is 5.11. The van der Waals surface area contributed by atoms with Crippen LogP contribution in [0, 0.1) is 16.7 Å². The van der Waals surface area contributed by atoms with Crippen LogP contribution in [0.15, 0.2) is 0 Å². The molecular weight excluding hydrogens is 224 g/mol. The van der Waals surface area contributed by atoms with Gasteiger partial charge < -0.3 is 10.6 Å². The molecule has 3 aliphatic rings. The van der Waals surface area contributed by atoms with Gasteiger partial charge in [-0.1, -0.05) is 19.8 Å². The van der Waals surface area contributed by atoms with Gasteiger partial charge in [0.15, 0.2) is 0 Å². The molecule has 2 aliphatic carbocycles. The van der Waals surface area contributed by atoms with Gasteiger partial charge in [-0.25, -0.2) is 0 Å². The minimum atomic E-state index is -0.0674. The van der Waals surface area contributed by atoms with Crippen LogP contribution in [-0.4, -0.2) is 25.5 Å². The SMILES string of the molecule is CCC1(CNC(=O)[C@@]23CCCC[C@H]2CNC3)CC1. The fourth-order valence-electron chi connectivity index (χ4n) is 3.97. The molecule has 0 radical (unpaired) electrons. The highest BCUT2D eigenvalue weighted by atomic mass is 16.2. The third kappa shape index (κ3) is 1.97. The highest BCUT2D eigenvalue weighted by molar-refractivity contribution is 5.84. The van der Waals surface area contributed by atoms with E-state index in [1.807, 2.05) is 0 Å². The Morgan fingerprint density at radius 2 is 2.17 bits per heavy atom. The van der Waals surface area contributed by atoms with Crippen LogP contribution in [0.5, 0.6) is 0 Å². The van der Waals surface area contributed by atoms with E-state index in [0.29, 0.717) is 17.2 Å². The average Bonchev–Trinajstić information content (AvgIpc) is 3.06. The Labute approximate surface area is 110 Å². The van der Waals surface area contributed by atoms with Crippen LogP contribution in [0.3, 0.4) is 0 Å². The molecule has 18 heavy (non-hydrogen) atoms. The first-order chi connectivity index (χ1) is 8.71. The summed E-state index contributed by atoms with van der Waals surface area (Å²) in [6.07, 6.45) is 8.68. The van der Waals surface area contributed by atoms with Gasteiger partial charge in [-0.2, -0.15) is 0 Å². The van der Waals surface area contributed by atoms with Crippen molar-refractivity contribution in [3.63, 3.8) is 0 Å². The van der Waals surface area contributed by atoms with Gasteiger partial charge in [-0.15, -0.1) is 0 Å². The molecule has 3 nitrogen and oxygen atoms in total. The molecule has 2 N–H and O–H groups in total. The van der Waals surface area contributed by atoms with E-state index in [-0.39, 0.29) is 5.41 Å². The fraction of sp³-hybridized carbons (Fsp3) is 0.933. The summed E-state index contributed by atoms with van der Waals surface area (Å²) < 4.78 is 0. The summed E-state index contributed by atoms with van der Waals surface area (Å²) in [6, 6.07) is 0. The number of carbonyl (C=O) groups is 1. The molecule has 3 heteroatoms. The Kier molecular flexibility index (Phi) is 3.13. The van der Waals surface area contributed by atoms with Crippen LogP contribution in [0.4, 0.5) is 0 Å². The third-order valence-electron chi connectivity index (χ3n) is 5.82. The van der Waals surface area contributed by atoms with E-state index in [2.05, 4.69) is 17.6 Å². The summed E-state index contributed by atoms with van der Waals surface area (Å²) in [7, 11) is 0. The number of amides is 1.